The van der Waals surface area contributed by atoms with Gasteiger partial charge in [0.15, 0.2) is 5.79 Å². The second-order valence-corrected chi connectivity index (χ2v) is 12.6. The first-order valence-corrected chi connectivity index (χ1v) is 11.3. The molecule has 0 atom stereocenters. The van der Waals surface area contributed by atoms with Gasteiger partial charge >= 0.3 is 6.09 Å². The topological polar surface area (TPSA) is 56.8 Å². The highest BCUT2D eigenvalue weighted by Crippen LogP contribution is 2.35. The van der Waals surface area contributed by atoms with Gasteiger partial charge in [-0.05, 0) is 18.9 Å². The molecule has 0 unspecified atom stereocenters. The van der Waals surface area contributed by atoms with Crippen molar-refractivity contribution in [2.24, 2.45) is 0 Å². The summed E-state index contributed by atoms with van der Waals surface area (Å²) in [4.78, 5) is 11.7. The lowest BCUT2D eigenvalue weighted by molar-refractivity contribution is -0.179. The predicted molar refractivity (Wildman–Crippen MR) is 79.5 cm³/mol. The number of ether oxygens (including phenoxy) is 3. The minimum atomic E-state index is -1.14. The van der Waals surface area contributed by atoms with Crippen LogP contribution in [0.1, 0.15) is 25.7 Å². The Morgan fingerprint density at radius 3 is 2.40 bits per heavy atom. The van der Waals surface area contributed by atoms with Gasteiger partial charge in [0.1, 0.15) is 0 Å². The van der Waals surface area contributed by atoms with Crippen LogP contribution >= 0.6 is 0 Å². The molecule has 1 aliphatic carbocycles. The molecule has 6 heteroatoms. The van der Waals surface area contributed by atoms with Crippen molar-refractivity contribution in [1.29, 1.82) is 0 Å². The van der Waals surface area contributed by atoms with Crippen molar-refractivity contribution in [3.63, 3.8) is 0 Å². The van der Waals surface area contributed by atoms with Crippen LogP contribution in [0.25, 0.3) is 0 Å². The van der Waals surface area contributed by atoms with Crippen LogP contribution in [-0.4, -0.2) is 45.8 Å². The fraction of sp³-hybridized carbons (Fsp3) is 0.929. The standard InChI is InChI=1S/C14H27NO4Si/c1-20(2,3)11-10-17-13(16)15-12-4-6-14(7-5-12)18-8-9-19-14/h12H,4-11H2,1-3H3,(H,15,16). The molecule has 2 fully saturated rings. The van der Waals surface area contributed by atoms with Gasteiger partial charge in [-0.1, -0.05) is 19.6 Å². The number of carbonyl (C=O) groups excluding carboxylic acids is 1. The van der Waals surface area contributed by atoms with Gasteiger partial charge in [0.05, 0.1) is 19.8 Å². The number of alkyl carbamates (subject to hydrolysis) is 1. The molecule has 5 nitrogen and oxygen atoms in total. The highest BCUT2D eigenvalue weighted by Gasteiger charge is 2.40. The average molecular weight is 301 g/mol. The first kappa shape index (κ1) is 15.8. The molecular weight excluding hydrogens is 274 g/mol. The maximum absolute atomic E-state index is 11.7. The van der Waals surface area contributed by atoms with E-state index in [4.69, 9.17) is 14.2 Å². The predicted octanol–water partition coefficient (Wildman–Crippen LogP) is 2.74. The summed E-state index contributed by atoms with van der Waals surface area (Å²) in [5.41, 5.74) is 0. The molecule has 0 bridgehead atoms. The van der Waals surface area contributed by atoms with Gasteiger partial charge in [0, 0.05) is 27.0 Å². The lowest BCUT2D eigenvalue weighted by Crippen LogP contribution is -2.44. The smallest absolute Gasteiger partial charge is 0.407 e. The zero-order valence-corrected chi connectivity index (χ0v) is 13.9. The SMILES string of the molecule is C[Si](C)(C)CCOC(=O)NC1CCC2(CC1)OCCO2. The van der Waals surface area contributed by atoms with Crippen molar-refractivity contribution in [3.8, 4) is 0 Å². The van der Waals surface area contributed by atoms with E-state index in [0.29, 0.717) is 19.8 Å². The Hall–Kier alpha value is -0.593. The largest absolute Gasteiger partial charge is 0.450 e. The molecule has 0 aromatic carbocycles. The van der Waals surface area contributed by atoms with E-state index in [0.717, 1.165) is 31.7 Å². The molecule has 1 aliphatic heterocycles. The van der Waals surface area contributed by atoms with Crippen molar-refractivity contribution < 1.29 is 19.0 Å². The Morgan fingerprint density at radius 2 is 1.85 bits per heavy atom. The van der Waals surface area contributed by atoms with Gasteiger partial charge < -0.3 is 19.5 Å². The van der Waals surface area contributed by atoms with Gasteiger partial charge in [-0.2, -0.15) is 0 Å². The van der Waals surface area contributed by atoms with Crippen molar-refractivity contribution in [2.45, 2.75) is 63.2 Å². The Bertz CT molecular complexity index is 327. The molecular formula is C14H27NO4Si. The van der Waals surface area contributed by atoms with Crippen molar-refractivity contribution in [1.82, 2.24) is 5.32 Å². The minimum absolute atomic E-state index is 0.188. The van der Waals surface area contributed by atoms with Crippen LogP contribution in [-0.2, 0) is 14.2 Å². The Labute approximate surface area is 122 Å². The maximum atomic E-state index is 11.7. The highest BCUT2D eigenvalue weighted by molar-refractivity contribution is 6.76. The van der Waals surface area contributed by atoms with Crippen LogP contribution in [0, 0.1) is 0 Å². The monoisotopic (exact) mass is 301 g/mol. The molecule has 20 heavy (non-hydrogen) atoms. The number of amides is 1. The second kappa shape index (κ2) is 6.45. The van der Waals surface area contributed by atoms with Crippen molar-refractivity contribution in [2.75, 3.05) is 19.8 Å². The molecule has 0 radical (unpaired) electrons. The summed E-state index contributed by atoms with van der Waals surface area (Å²) in [5.74, 6) is -0.361. The van der Waals surface area contributed by atoms with E-state index in [9.17, 15) is 4.79 Å². The Kier molecular flexibility index (Phi) is 5.09. The first-order valence-electron chi connectivity index (χ1n) is 7.60. The van der Waals surface area contributed by atoms with Gasteiger partial charge in [0.2, 0.25) is 0 Å². The number of nitrogens with one attached hydrogen (secondary N) is 1. The Balaban J connectivity index is 1.63. The van der Waals surface area contributed by atoms with Crippen LogP contribution in [0.2, 0.25) is 25.7 Å². The molecule has 2 aliphatic rings. The molecule has 1 heterocycles. The van der Waals surface area contributed by atoms with Crippen LogP contribution in [0.15, 0.2) is 0 Å². The van der Waals surface area contributed by atoms with Gasteiger partial charge in [-0.3, -0.25) is 0 Å². The summed E-state index contributed by atoms with van der Waals surface area (Å²) in [6.45, 7) is 8.74. The van der Waals surface area contributed by atoms with E-state index in [1.807, 2.05) is 0 Å². The number of carbonyl (C=O) groups is 1. The number of hydrogen-bond donors (Lipinski definition) is 1. The summed E-state index contributed by atoms with van der Waals surface area (Å²) >= 11 is 0. The van der Waals surface area contributed by atoms with Crippen LogP contribution < -0.4 is 5.32 Å². The van der Waals surface area contributed by atoms with E-state index in [2.05, 4.69) is 25.0 Å². The third kappa shape index (κ3) is 4.75. The van der Waals surface area contributed by atoms with E-state index in [1.54, 1.807) is 0 Å². The highest BCUT2D eigenvalue weighted by atomic mass is 28.3. The summed E-state index contributed by atoms with van der Waals surface area (Å²) < 4.78 is 16.6. The quantitative estimate of drug-likeness (QED) is 0.811. The molecule has 1 saturated heterocycles. The zero-order chi connectivity index (χ0) is 14.6. The third-order valence-electron chi connectivity index (χ3n) is 3.97. The van der Waals surface area contributed by atoms with Crippen LogP contribution in [0.5, 0.6) is 0 Å². The van der Waals surface area contributed by atoms with E-state index >= 15 is 0 Å². The molecule has 2 rings (SSSR count). The summed E-state index contributed by atoms with van der Waals surface area (Å²) in [7, 11) is -1.14. The zero-order valence-electron chi connectivity index (χ0n) is 12.9. The van der Waals surface area contributed by atoms with Crippen molar-refractivity contribution >= 4 is 14.2 Å². The first-order chi connectivity index (χ1) is 9.39. The molecule has 0 aromatic rings. The van der Waals surface area contributed by atoms with E-state index in [-0.39, 0.29) is 17.9 Å². The molecule has 1 amide bonds. The van der Waals surface area contributed by atoms with E-state index < -0.39 is 8.07 Å². The molecule has 1 spiro atoms. The van der Waals surface area contributed by atoms with Gasteiger partial charge in [0.25, 0.3) is 0 Å². The Morgan fingerprint density at radius 1 is 1.25 bits per heavy atom. The maximum Gasteiger partial charge on any atom is 0.407 e. The average Bonchev–Trinajstić information content (AvgIpc) is 2.79. The lowest BCUT2D eigenvalue weighted by Gasteiger charge is -2.35. The fourth-order valence-corrected chi connectivity index (χ4v) is 3.36. The third-order valence-corrected chi connectivity index (χ3v) is 5.67. The molecule has 1 saturated carbocycles. The van der Waals surface area contributed by atoms with Crippen LogP contribution in [0.4, 0.5) is 4.79 Å². The number of rotatable bonds is 4. The van der Waals surface area contributed by atoms with Gasteiger partial charge in [-0.25, -0.2) is 4.79 Å². The molecule has 1 N–H and O–H groups in total. The molecule has 0 aromatic heterocycles. The minimum Gasteiger partial charge on any atom is -0.450 e. The molecule has 116 valence electrons. The van der Waals surface area contributed by atoms with Crippen molar-refractivity contribution in [3.05, 3.63) is 0 Å². The summed E-state index contributed by atoms with van der Waals surface area (Å²) in [6.07, 6.45) is 3.21. The van der Waals surface area contributed by atoms with Gasteiger partial charge in [-0.15, -0.1) is 0 Å². The summed E-state index contributed by atoms with van der Waals surface area (Å²) in [6, 6.07) is 1.20. The lowest BCUT2D eigenvalue weighted by atomic mass is 9.90. The van der Waals surface area contributed by atoms with Crippen LogP contribution in [0.3, 0.4) is 0 Å². The van der Waals surface area contributed by atoms with E-state index in [1.165, 1.54) is 0 Å². The fourth-order valence-electron chi connectivity index (χ4n) is 2.65. The second-order valence-electron chi connectivity index (χ2n) is 6.97. The number of hydrogen-bond acceptors (Lipinski definition) is 4. The normalized spacial score (nSPS) is 22.9. The summed E-state index contributed by atoms with van der Waals surface area (Å²) in [5, 5.41) is 2.95.